The Hall–Kier alpha value is -2.99. The van der Waals surface area contributed by atoms with Gasteiger partial charge in [0.2, 0.25) is 5.82 Å². The molecule has 0 amide bonds. The molecule has 31 heavy (non-hydrogen) atoms. The normalized spacial score (nSPS) is 21.3. The van der Waals surface area contributed by atoms with Crippen LogP contribution >= 0.6 is 0 Å². The van der Waals surface area contributed by atoms with Gasteiger partial charge in [0.1, 0.15) is 18.9 Å². The monoisotopic (exact) mass is 446 g/mol. The highest BCUT2D eigenvalue weighted by Gasteiger charge is 2.38. The number of benzene rings is 1. The minimum absolute atomic E-state index is 0.0396. The van der Waals surface area contributed by atoms with Crippen LogP contribution in [0.2, 0.25) is 0 Å². The van der Waals surface area contributed by atoms with Crippen molar-refractivity contribution in [1.82, 2.24) is 9.55 Å². The summed E-state index contributed by atoms with van der Waals surface area (Å²) in [6.45, 7) is 0.890. The van der Waals surface area contributed by atoms with Gasteiger partial charge in [-0.25, -0.2) is 4.79 Å². The van der Waals surface area contributed by atoms with Gasteiger partial charge in [0.05, 0.1) is 24.5 Å². The molecule has 1 aliphatic rings. The Labute approximate surface area is 172 Å². The van der Waals surface area contributed by atoms with Crippen LogP contribution in [0.4, 0.5) is 17.6 Å². The summed E-state index contributed by atoms with van der Waals surface area (Å²) < 4.78 is 68.8. The van der Waals surface area contributed by atoms with Crippen molar-refractivity contribution >= 4 is 5.97 Å². The molecule has 0 radical (unpaired) electrons. The predicted molar refractivity (Wildman–Crippen MR) is 96.5 cm³/mol. The van der Waals surface area contributed by atoms with E-state index >= 15 is 0 Å². The second-order valence-electron chi connectivity index (χ2n) is 6.86. The van der Waals surface area contributed by atoms with Gasteiger partial charge in [0, 0.05) is 13.3 Å². The third kappa shape index (κ3) is 5.58. The van der Waals surface area contributed by atoms with Crippen LogP contribution in [0.3, 0.4) is 0 Å². The number of esters is 1. The molecule has 8 nitrogen and oxygen atoms in total. The first-order chi connectivity index (χ1) is 14.5. The molecule has 0 spiro atoms. The van der Waals surface area contributed by atoms with Crippen molar-refractivity contribution in [1.29, 1.82) is 0 Å². The Balaban J connectivity index is 1.73. The van der Waals surface area contributed by atoms with Gasteiger partial charge < -0.3 is 14.2 Å². The molecule has 168 valence electrons. The summed E-state index contributed by atoms with van der Waals surface area (Å²) in [7, 11) is 0. The number of H-pyrrole nitrogens is 1. The van der Waals surface area contributed by atoms with Gasteiger partial charge in [-0.05, 0) is 17.7 Å². The highest BCUT2D eigenvalue weighted by molar-refractivity contribution is 5.65. The number of carbonyl (C=O) groups excluding carboxylic acids is 1. The minimum Gasteiger partial charge on any atom is -0.463 e. The Morgan fingerprint density at radius 2 is 1.94 bits per heavy atom. The second-order valence-corrected chi connectivity index (χ2v) is 6.86. The van der Waals surface area contributed by atoms with Crippen LogP contribution in [-0.4, -0.2) is 34.3 Å². The maximum Gasteiger partial charge on any atom is 0.416 e. The van der Waals surface area contributed by atoms with E-state index in [1.54, 1.807) is 0 Å². The predicted octanol–water partition coefficient (Wildman–Crippen LogP) is 2.13. The molecule has 2 heterocycles. The number of nitrogens with one attached hydrogen (secondary N) is 1. The first-order valence-corrected chi connectivity index (χ1v) is 9.12. The molecule has 1 aliphatic heterocycles. The molecular formula is C19H18F4N2O6. The van der Waals surface area contributed by atoms with E-state index in [1.165, 1.54) is 19.1 Å². The van der Waals surface area contributed by atoms with Crippen LogP contribution in [0, 0.1) is 5.82 Å². The zero-order valence-corrected chi connectivity index (χ0v) is 16.1. The summed E-state index contributed by atoms with van der Waals surface area (Å²) in [5.41, 5.74) is -2.42. The molecule has 1 aromatic heterocycles. The van der Waals surface area contributed by atoms with E-state index in [0.29, 0.717) is 11.8 Å². The smallest absolute Gasteiger partial charge is 0.416 e. The van der Waals surface area contributed by atoms with E-state index in [2.05, 4.69) is 0 Å². The van der Waals surface area contributed by atoms with Crippen molar-refractivity contribution in [3.8, 4) is 0 Å². The number of hydrogen-bond acceptors (Lipinski definition) is 6. The summed E-state index contributed by atoms with van der Waals surface area (Å²) in [6.07, 6.45) is -6.29. The van der Waals surface area contributed by atoms with Crippen LogP contribution in [0.25, 0.3) is 0 Å². The molecule has 1 N–H and O–H groups in total. The highest BCUT2D eigenvalue weighted by Crippen LogP contribution is 2.32. The van der Waals surface area contributed by atoms with E-state index in [0.717, 1.165) is 16.7 Å². The van der Waals surface area contributed by atoms with Gasteiger partial charge in [0.25, 0.3) is 5.56 Å². The molecule has 0 aliphatic carbocycles. The van der Waals surface area contributed by atoms with E-state index in [1.807, 2.05) is 4.98 Å². The fourth-order valence-electron chi connectivity index (χ4n) is 3.06. The number of nitrogens with zero attached hydrogens (tertiary/aromatic N) is 1. The summed E-state index contributed by atoms with van der Waals surface area (Å²) in [5.74, 6) is -1.77. The van der Waals surface area contributed by atoms with Gasteiger partial charge in [-0.15, -0.1) is 0 Å². The third-order valence-corrected chi connectivity index (χ3v) is 4.61. The van der Waals surface area contributed by atoms with Crippen molar-refractivity contribution in [3.63, 3.8) is 0 Å². The standard InChI is InChI=1S/C19H18F4N2O6/c1-10(26)29-9-15-14(30-8-11-2-4-12(5-3-11)19(21,22)23)6-16(31-15)25-7-13(20)17(27)24-18(25)28/h2-5,7,14-16H,6,8-9H2,1H3,(H,24,27,28)/t14-,15+,16+/m0/s1. The number of carbonyl (C=O) groups is 1. The third-order valence-electron chi connectivity index (χ3n) is 4.61. The zero-order valence-electron chi connectivity index (χ0n) is 16.1. The maximum atomic E-state index is 13.6. The number of ether oxygens (including phenoxy) is 3. The molecule has 2 aromatic rings. The number of hydrogen-bond donors (Lipinski definition) is 1. The number of aromatic amines is 1. The minimum atomic E-state index is -4.46. The van der Waals surface area contributed by atoms with Crippen molar-refractivity contribution in [2.45, 2.75) is 44.6 Å². The summed E-state index contributed by atoms with van der Waals surface area (Å²) in [5, 5.41) is 0. The molecule has 3 atom stereocenters. The first-order valence-electron chi connectivity index (χ1n) is 9.12. The van der Waals surface area contributed by atoms with E-state index in [-0.39, 0.29) is 19.6 Å². The van der Waals surface area contributed by atoms with Gasteiger partial charge in [-0.3, -0.25) is 19.1 Å². The lowest BCUT2D eigenvalue weighted by atomic mass is 10.1. The van der Waals surface area contributed by atoms with E-state index in [9.17, 15) is 31.9 Å². The van der Waals surface area contributed by atoms with Crippen LogP contribution in [0.15, 0.2) is 40.1 Å². The van der Waals surface area contributed by atoms with Crippen LogP contribution in [0.5, 0.6) is 0 Å². The molecule has 0 bridgehead atoms. The fourth-order valence-corrected chi connectivity index (χ4v) is 3.06. The van der Waals surface area contributed by atoms with Gasteiger partial charge >= 0.3 is 17.8 Å². The lowest BCUT2D eigenvalue weighted by molar-refractivity contribution is -0.148. The van der Waals surface area contributed by atoms with Gasteiger partial charge in [-0.1, -0.05) is 12.1 Å². The zero-order chi connectivity index (χ0) is 22.8. The lowest BCUT2D eigenvalue weighted by Crippen LogP contribution is -2.34. The molecule has 3 rings (SSSR count). The van der Waals surface area contributed by atoms with Gasteiger partial charge in [-0.2, -0.15) is 17.6 Å². The summed E-state index contributed by atoms with van der Waals surface area (Å²) in [4.78, 5) is 36.2. The number of aromatic nitrogens is 2. The Kier molecular flexibility index (Phi) is 6.60. The topological polar surface area (TPSA) is 99.6 Å². The molecule has 0 unspecified atom stereocenters. The van der Waals surface area contributed by atoms with Crippen LogP contribution in [-0.2, 0) is 31.8 Å². The average molecular weight is 446 g/mol. The number of alkyl halides is 3. The van der Waals surface area contributed by atoms with Crippen LogP contribution < -0.4 is 11.2 Å². The summed E-state index contributed by atoms with van der Waals surface area (Å²) in [6, 6.07) is 4.37. The molecule has 12 heteroatoms. The van der Waals surface area contributed by atoms with Crippen molar-refractivity contribution in [3.05, 3.63) is 68.2 Å². The molecule has 0 saturated carbocycles. The average Bonchev–Trinajstić information content (AvgIpc) is 3.10. The number of halogens is 4. The summed E-state index contributed by atoms with van der Waals surface area (Å²) >= 11 is 0. The second kappa shape index (κ2) is 9.02. The van der Waals surface area contributed by atoms with Crippen LogP contribution in [0.1, 0.15) is 30.7 Å². The Bertz CT molecular complexity index is 1050. The van der Waals surface area contributed by atoms with Crippen molar-refractivity contribution in [2.24, 2.45) is 0 Å². The van der Waals surface area contributed by atoms with Gasteiger partial charge in [0.15, 0.2) is 0 Å². The van der Waals surface area contributed by atoms with E-state index < -0.39 is 53.2 Å². The lowest BCUT2D eigenvalue weighted by Gasteiger charge is -2.18. The number of rotatable bonds is 6. The van der Waals surface area contributed by atoms with E-state index in [4.69, 9.17) is 14.2 Å². The maximum absolute atomic E-state index is 13.6. The highest BCUT2D eigenvalue weighted by atomic mass is 19.4. The SMILES string of the molecule is CC(=O)OC[C@H]1O[C@@H](n2cc(F)c(=O)[nH]c2=O)C[C@@H]1OCc1ccc(C(F)(F)F)cc1. The van der Waals surface area contributed by atoms with Crippen molar-refractivity contribution in [2.75, 3.05) is 6.61 Å². The molecular weight excluding hydrogens is 428 g/mol. The molecule has 1 fully saturated rings. The first kappa shape index (κ1) is 22.7. The Morgan fingerprint density at radius 3 is 2.55 bits per heavy atom. The largest absolute Gasteiger partial charge is 0.463 e. The quantitative estimate of drug-likeness (QED) is 0.539. The Morgan fingerprint density at radius 1 is 1.26 bits per heavy atom. The molecule has 1 aromatic carbocycles. The fraction of sp³-hybridized carbons (Fsp3) is 0.421. The molecule has 1 saturated heterocycles. The van der Waals surface area contributed by atoms with Crippen molar-refractivity contribution < 1.29 is 36.6 Å².